The molecule has 0 saturated carbocycles. The van der Waals surface area contributed by atoms with Gasteiger partial charge in [0.15, 0.2) is 0 Å². The van der Waals surface area contributed by atoms with E-state index in [2.05, 4.69) is 31.1 Å². The summed E-state index contributed by atoms with van der Waals surface area (Å²) in [6.07, 6.45) is 2.63. The maximum absolute atomic E-state index is 9.09. The van der Waals surface area contributed by atoms with Crippen molar-refractivity contribution in [1.29, 1.82) is 0 Å². The Hall–Kier alpha value is -0.120. The Morgan fingerprint density at radius 1 is 1.50 bits per heavy atom. The van der Waals surface area contributed by atoms with Crippen LogP contribution in [0.4, 0.5) is 0 Å². The maximum Gasteiger partial charge on any atom is 0.0494 e. The molecular formula is C11H24N2O. The molecule has 14 heavy (non-hydrogen) atoms. The number of rotatable bonds is 5. The number of likely N-dealkylation sites (N-methyl/N-ethyl adjacent to an activating group) is 1. The van der Waals surface area contributed by atoms with Gasteiger partial charge >= 0.3 is 0 Å². The summed E-state index contributed by atoms with van der Waals surface area (Å²) >= 11 is 0. The molecule has 0 spiro atoms. The summed E-state index contributed by atoms with van der Waals surface area (Å²) in [6.45, 7) is 7.60. The lowest BCUT2D eigenvalue weighted by molar-refractivity contribution is 0.154. The van der Waals surface area contributed by atoms with Crippen molar-refractivity contribution < 1.29 is 5.11 Å². The quantitative estimate of drug-likeness (QED) is 0.685. The average molecular weight is 200 g/mol. The van der Waals surface area contributed by atoms with E-state index in [1.807, 2.05) is 0 Å². The molecule has 3 nitrogen and oxygen atoms in total. The van der Waals surface area contributed by atoms with E-state index in [1.54, 1.807) is 0 Å². The second-order valence-electron chi connectivity index (χ2n) is 5.23. The topological polar surface area (TPSA) is 35.5 Å². The Labute approximate surface area is 87.5 Å². The van der Waals surface area contributed by atoms with Gasteiger partial charge in [0, 0.05) is 31.2 Å². The predicted molar refractivity (Wildman–Crippen MR) is 59.4 cm³/mol. The van der Waals surface area contributed by atoms with Crippen LogP contribution in [0.3, 0.4) is 0 Å². The summed E-state index contributed by atoms with van der Waals surface area (Å²) in [5, 5.41) is 12.5. The van der Waals surface area contributed by atoms with E-state index >= 15 is 0 Å². The first kappa shape index (κ1) is 12.0. The first-order chi connectivity index (χ1) is 6.55. The molecule has 0 aromatic carbocycles. The van der Waals surface area contributed by atoms with Crippen LogP contribution in [0.1, 0.15) is 26.7 Å². The van der Waals surface area contributed by atoms with Crippen LogP contribution in [-0.4, -0.2) is 49.3 Å². The fourth-order valence-electron chi connectivity index (χ4n) is 1.87. The molecule has 1 atom stereocenters. The normalized spacial score (nSPS) is 24.4. The molecule has 1 rings (SSSR count). The number of nitrogens with one attached hydrogen (secondary N) is 1. The summed E-state index contributed by atoms with van der Waals surface area (Å²) in [5.74, 6) is 0. The van der Waals surface area contributed by atoms with E-state index in [1.165, 1.54) is 19.4 Å². The van der Waals surface area contributed by atoms with Crippen molar-refractivity contribution in [3.05, 3.63) is 0 Å². The number of hydrogen-bond acceptors (Lipinski definition) is 3. The molecular weight excluding hydrogens is 176 g/mol. The highest BCUT2D eigenvalue weighted by Crippen LogP contribution is 2.15. The van der Waals surface area contributed by atoms with Crippen LogP contribution in [-0.2, 0) is 0 Å². The van der Waals surface area contributed by atoms with Gasteiger partial charge in [-0.25, -0.2) is 0 Å². The lowest BCUT2D eigenvalue weighted by Gasteiger charge is -2.25. The van der Waals surface area contributed by atoms with E-state index in [-0.39, 0.29) is 12.0 Å². The molecule has 0 bridgehead atoms. The molecule has 3 heteroatoms. The van der Waals surface area contributed by atoms with Crippen molar-refractivity contribution in [3.8, 4) is 0 Å². The van der Waals surface area contributed by atoms with Crippen molar-refractivity contribution in [2.24, 2.45) is 5.41 Å². The van der Waals surface area contributed by atoms with Gasteiger partial charge in [-0.05, 0) is 26.4 Å². The predicted octanol–water partition coefficient (Wildman–Crippen LogP) is 0.689. The highest BCUT2D eigenvalue weighted by Gasteiger charge is 2.21. The van der Waals surface area contributed by atoms with Gasteiger partial charge < -0.3 is 15.3 Å². The molecule has 1 heterocycles. The van der Waals surface area contributed by atoms with E-state index < -0.39 is 0 Å². The number of aliphatic hydroxyl groups excluding tert-OH is 1. The monoisotopic (exact) mass is 200 g/mol. The molecule has 0 radical (unpaired) electrons. The van der Waals surface area contributed by atoms with Gasteiger partial charge in [0.25, 0.3) is 0 Å². The maximum atomic E-state index is 9.09. The van der Waals surface area contributed by atoms with Crippen LogP contribution >= 0.6 is 0 Å². The minimum Gasteiger partial charge on any atom is -0.396 e. The van der Waals surface area contributed by atoms with Gasteiger partial charge in [0.2, 0.25) is 0 Å². The fourth-order valence-corrected chi connectivity index (χ4v) is 1.87. The van der Waals surface area contributed by atoms with Crippen molar-refractivity contribution in [2.75, 3.05) is 33.3 Å². The zero-order chi connectivity index (χ0) is 10.6. The third-order valence-electron chi connectivity index (χ3n) is 3.08. The Kier molecular flexibility index (Phi) is 4.35. The molecule has 0 aromatic heterocycles. The minimum atomic E-state index is 0.0111. The molecule has 0 amide bonds. The van der Waals surface area contributed by atoms with Crippen molar-refractivity contribution in [1.82, 2.24) is 10.2 Å². The van der Waals surface area contributed by atoms with Gasteiger partial charge in [-0.1, -0.05) is 13.8 Å². The molecule has 1 aliphatic heterocycles. The third kappa shape index (κ3) is 3.56. The first-order valence-corrected chi connectivity index (χ1v) is 5.57. The SMILES string of the molecule is CN1CCCC1CNCC(C)(C)CO. The number of aliphatic hydroxyl groups is 1. The van der Waals surface area contributed by atoms with Gasteiger partial charge in [0.05, 0.1) is 0 Å². The Bertz CT molecular complexity index is 171. The highest BCUT2D eigenvalue weighted by atomic mass is 16.3. The number of hydrogen-bond donors (Lipinski definition) is 2. The average Bonchev–Trinajstić information content (AvgIpc) is 2.52. The van der Waals surface area contributed by atoms with Crippen LogP contribution in [0.2, 0.25) is 0 Å². The zero-order valence-electron chi connectivity index (χ0n) is 9.71. The lowest BCUT2D eigenvalue weighted by Crippen LogP contribution is -2.40. The van der Waals surface area contributed by atoms with Crippen LogP contribution in [0.15, 0.2) is 0 Å². The molecule has 0 aromatic rings. The minimum absolute atomic E-state index is 0.0111. The molecule has 1 unspecified atom stereocenters. The summed E-state index contributed by atoms with van der Waals surface area (Å²) in [7, 11) is 2.19. The van der Waals surface area contributed by atoms with Crippen LogP contribution in [0, 0.1) is 5.41 Å². The second-order valence-corrected chi connectivity index (χ2v) is 5.23. The first-order valence-electron chi connectivity index (χ1n) is 5.57. The van der Waals surface area contributed by atoms with Crippen molar-refractivity contribution in [3.63, 3.8) is 0 Å². The number of likely N-dealkylation sites (tertiary alicyclic amines) is 1. The second kappa shape index (κ2) is 5.10. The van der Waals surface area contributed by atoms with Crippen molar-refractivity contribution in [2.45, 2.75) is 32.7 Å². The zero-order valence-corrected chi connectivity index (χ0v) is 9.71. The van der Waals surface area contributed by atoms with E-state index in [4.69, 9.17) is 5.11 Å². The van der Waals surface area contributed by atoms with Gasteiger partial charge in [0.1, 0.15) is 0 Å². The van der Waals surface area contributed by atoms with Crippen LogP contribution in [0.25, 0.3) is 0 Å². The smallest absolute Gasteiger partial charge is 0.0494 e. The number of nitrogens with zero attached hydrogens (tertiary/aromatic N) is 1. The summed E-state index contributed by atoms with van der Waals surface area (Å²) < 4.78 is 0. The largest absolute Gasteiger partial charge is 0.396 e. The van der Waals surface area contributed by atoms with Gasteiger partial charge in [-0.2, -0.15) is 0 Å². The standard InChI is InChI=1S/C11H24N2O/c1-11(2,9-14)8-12-7-10-5-4-6-13(10)3/h10,12,14H,4-9H2,1-3H3. The Morgan fingerprint density at radius 2 is 2.21 bits per heavy atom. The van der Waals surface area contributed by atoms with Crippen LogP contribution < -0.4 is 5.32 Å². The fraction of sp³-hybridized carbons (Fsp3) is 1.00. The Morgan fingerprint density at radius 3 is 2.71 bits per heavy atom. The van der Waals surface area contributed by atoms with E-state index in [0.29, 0.717) is 6.04 Å². The molecule has 84 valence electrons. The molecule has 1 saturated heterocycles. The lowest BCUT2D eigenvalue weighted by atomic mass is 9.95. The highest BCUT2D eigenvalue weighted by molar-refractivity contribution is 4.79. The summed E-state index contributed by atoms with van der Waals surface area (Å²) in [6, 6.07) is 0.699. The molecule has 2 N–H and O–H groups in total. The van der Waals surface area contributed by atoms with E-state index in [0.717, 1.165) is 13.1 Å². The van der Waals surface area contributed by atoms with Gasteiger partial charge in [-0.15, -0.1) is 0 Å². The third-order valence-corrected chi connectivity index (χ3v) is 3.08. The van der Waals surface area contributed by atoms with Crippen molar-refractivity contribution >= 4 is 0 Å². The summed E-state index contributed by atoms with van der Waals surface area (Å²) in [4.78, 5) is 2.42. The molecule has 0 aliphatic carbocycles. The van der Waals surface area contributed by atoms with Crippen LogP contribution in [0.5, 0.6) is 0 Å². The molecule has 1 aliphatic rings. The molecule has 1 fully saturated rings. The summed E-state index contributed by atoms with van der Waals surface area (Å²) in [5.41, 5.74) is 0.0111. The Balaban J connectivity index is 2.15. The van der Waals surface area contributed by atoms with Gasteiger partial charge in [-0.3, -0.25) is 0 Å². The van der Waals surface area contributed by atoms with E-state index in [9.17, 15) is 0 Å².